The van der Waals surface area contributed by atoms with Gasteiger partial charge in [-0.2, -0.15) is 11.3 Å². The maximum atomic E-state index is 5.14. The Morgan fingerprint density at radius 3 is 0.842 bits per heavy atom. The lowest BCUT2D eigenvalue weighted by Gasteiger charge is -1.97. The molecule has 1 aromatic carbocycles. The second-order valence-corrected chi connectivity index (χ2v) is 14.2. The molecule has 57 heavy (non-hydrogen) atoms. The molecule has 336 valence electrons. The Morgan fingerprint density at radius 1 is 0.404 bits per heavy atom. The summed E-state index contributed by atoms with van der Waals surface area (Å²) in [4.78, 5) is 3.78. The van der Waals surface area contributed by atoms with Crippen LogP contribution in [0.2, 0.25) is 0 Å². The summed E-state index contributed by atoms with van der Waals surface area (Å²) in [5.41, 5.74) is 0. The molecule has 4 aromatic heterocycles. The predicted molar refractivity (Wildman–Crippen MR) is 270 cm³/mol. The molecule has 3 nitrogen and oxygen atoms in total. The van der Waals surface area contributed by atoms with E-state index in [1.54, 1.807) is 42.5 Å². The highest BCUT2D eigenvalue weighted by Gasteiger charge is 1.97. The van der Waals surface area contributed by atoms with Gasteiger partial charge in [-0.15, -0.1) is 0 Å². The van der Waals surface area contributed by atoms with Crippen molar-refractivity contribution < 1.29 is 8.83 Å². The zero-order valence-corrected chi connectivity index (χ0v) is 43.3. The number of hydrogen-bond donors (Lipinski definition) is 0. The Bertz CT molecular complexity index is 876. The largest absolute Gasteiger partial charge is 0.473 e. The Kier molecular flexibility index (Phi) is 106. The Labute approximate surface area is 364 Å². The van der Waals surface area contributed by atoms with E-state index >= 15 is 0 Å². The highest BCUT2D eigenvalue weighted by atomic mass is 32.1. The molecule has 0 N–H and O–H groups in total. The summed E-state index contributed by atoms with van der Waals surface area (Å²) >= 11 is 1.71. The van der Waals surface area contributed by atoms with E-state index in [0.29, 0.717) is 5.92 Å². The number of benzene rings is 1. The van der Waals surface area contributed by atoms with Crippen LogP contribution in [0.5, 0.6) is 0 Å². The van der Waals surface area contributed by atoms with Crippen LogP contribution in [-0.2, 0) is 6.42 Å². The van der Waals surface area contributed by atoms with Gasteiger partial charge >= 0.3 is 0 Å². The van der Waals surface area contributed by atoms with Crippen LogP contribution in [0.4, 0.5) is 0 Å². The molecule has 0 amide bonds. The molecule has 0 aliphatic carbocycles. The van der Waals surface area contributed by atoms with Crippen LogP contribution in [-0.4, -0.2) is 4.98 Å². The monoisotopic (exact) mass is 816 g/mol. The average Bonchev–Trinajstić information content (AvgIpc) is 4.05. The van der Waals surface area contributed by atoms with E-state index in [4.69, 9.17) is 4.42 Å². The third-order valence-corrected chi connectivity index (χ3v) is 3.90. The summed E-state index contributed by atoms with van der Waals surface area (Å²) in [5.74, 6) is 5.11. The highest BCUT2D eigenvalue weighted by Crippen LogP contribution is 2.07. The van der Waals surface area contributed by atoms with E-state index in [1.807, 2.05) is 171 Å². The number of hydrogen-bond acceptors (Lipinski definition) is 4. The zero-order valence-electron chi connectivity index (χ0n) is 42.5. The van der Waals surface area contributed by atoms with Gasteiger partial charge in [-0.05, 0) is 76.7 Å². The summed E-state index contributed by atoms with van der Waals surface area (Å²) in [5, 5.41) is 4.08. The van der Waals surface area contributed by atoms with Crippen LogP contribution in [0.15, 0.2) is 142 Å². The standard InChI is InChI=1S/C8H12O.C6H6.C5H5N.C4H4O.C4H4S.4C4H10.5C2H6/c1-7(2)6-8-4-3-5-9-8;2*1-2-4-6-5-3-1;2*1-2-4-5-3-1;4*1-4(2)3;5*1-2/h3-5,7H,6H2,1-2H3;1-6H;1-5H;2*1-4H;4*4H,1-3H3;5*1-2H3. The number of thiophene rings is 1. The van der Waals surface area contributed by atoms with E-state index in [1.165, 1.54) is 0 Å². The molecule has 0 bridgehead atoms. The number of nitrogens with zero attached hydrogens (tertiary/aromatic N) is 1. The van der Waals surface area contributed by atoms with Crippen molar-refractivity contribution in [2.45, 2.75) is 173 Å². The van der Waals surface area contributed by atoms with Crippen molar-refractivity contribution in [2.75, 3.05) is 0 Å². The van der Waals surface area contributed by atoms with Crippen molar-refractivity contribution in [1.29, 1.82) is 0 Å². The number of aromatic nitrogens is 1. The second-order valence-electron chi connectivity index (χ2n) is 13.4. The third-order valence-electron chi connectivity index (χ3n) is 3.27. The van der Waals surface area contributed by atoms with Gasteiger partial charge in [-0.25, -0.2) is 0 Å². The predicted octanol–water partition coefficient (Wildman–Crippen LogP) is 20.1. The molecule has 0 atom stereocenters. The Morgan fingerprint density at radius 2 is 0.702 bits per heavy atom. The van der Waals surface area contributed by atoms with Gasteiger partial charge in [0.15, 0.2) is 0 Å². The zero-order chi connectivity index (χ0) is 46.6. The van der Waals surface area contributed by atoms with Gasteiger partial charge < -0.3 is 8.83 Å². The van der Waals surface area contributed by atoms with Gasteiger partial charge in [0, 0.05) is 18.8 Å². The first kappa shape index (κ1) is 74.6. The first-order valence-corrected chi connectivity index (χ1v) is 23.0. The third kappa shape index (κ3) is 154. The molecule has 0 saturated heterocycles. The second kappa shape index (κ2) is 81.0. The minimum Gasteiger partial charge on any atom is -0.473 e. The SMILES string of the molecule is CC.CC.CC.CC.CC.CC(C)C.CC(C)C.CC(C)C.CC(C)C.CC(C)Cc1ccco1.c1ccccc1.c1ccncc1.c1ccoc1.c1ccsc1. The van der Waals surface area contributed by atoms with Gasteiger partial charge in [0.2, 0.25) is 0 Å². The Balaban J connectivity index is -0.0000000639. The molecular formula is C53H101NO2S. The van der Waals surface area contributed by atoms with Crippen LogP contribution < -0.4 is 0 Å². The molecular weight excluding hydrogens is 715 g/mol. The molecule has 0 fully saturated rings. The lowest BCUT2D eigenvalue weighted by Crippen LogP contribution is -1.90. The number of furan rings is 2. The molecule has 0 radical (unpaired) electrons. The van der Waals surface area contributed by atoms with Gasteiger partial charge in [-0.3, -0.25) is 4.98 Å². The lowest BCUT2D eigenvalue weighted by atomic mass is 10.1. The minimum atomic E-state index is 0.691. The van der Waals surface area contributed by atoms with Crippen LogP contribution in [0, 0.1) is 29.6 Å². The number of rotatable bonds is 2. The first-order valence-electron chi connectivity index (χ1n) is 22.0. The van der Waals surface area contributed by atoms with Crippen LogP contribution in [0.1, 0.15) is 172 Å². The molecule has 4 heteroatoms. The fourth-order valence-electron chi connectivity index (χ4n) is 1.98. The molecule has 4 heterocycles. The van der Waals surface area contributed by atoms with Crippen molar-refractivity contribution in [1.82, 2.24) is 4.98 Å². The van der Waals surface area contributed by atoms with Crippen molar-refractivity contribution in [3.63, 3.8) is 0 Å². The summed E-state index contributed by atoms with van der Waals surface area (Å²) in [7, 11) is 0. The molecule has 0 aliphatic rings. The van der Waals surface area contributed by atoms with E-state index in [9.17, 15) is 0 Å². The van der Waals surface area contributed by atoms with E-state index in [2.05, 4.69) is 106 Å². The van der Waals surface area contributed by atoms with Crippen molar-refractivity contribution in [3.05, 3.63) is 139 Å². The summed E-state index contributed by atoms with van der Waals surface area (Å²) in [6, 6.07) is 29.4. The molecule has 5 rings (SSSR count). The maximum Gasteiger partial charge on any atom is 0.104 e. The van der Waals surface area contributed by atoms with Gasteiger partial charge in [-0.1, -0.05) is 221 Å². The first-order chi connectivity index (χ1) is 27.2. The van der Waals surface area contributed by atoms with Crippen LogP contribution in [0.3, 0.4) is 0 Å². The summed E-state index contributed by atoms with van der Waals surface area (Å²) < 4.78 is 9.73. The van der Waals surface area contributed by atoms with Crippen molar-refractivity contribution in [2.24, 2.45) is 29.6 Å². The molecule has 0 saturated carbocycles. The van der Waals surface area contributed by atoms with Gasteiger partial charge in [0.25, 0.3) is 0 Å². The smallest absolute Gasteiger partial charge is 0.104 e. The Hall–Kier alpha value is -3.37. The van der Waals surface area contributed by atoms with E-state index in [-0.39, 0.29) is 0 Å². The van der Waals surface area contributed by atoms with Gasteiger partial charge in [0.05, 0.1) is 18.8 Å². The van der Waals surface area contributed by atoms with Crippen LogP contribution >= 0.6 is 11.3 Å². The lowest BCUT2D eigenvalue weighted by molar-refractivity contribution is 0.472. The molecule has 0 spiro atoms. The topological polar surface area (TPSA) is 39.2 Å². The molecule has 5 aromatic rings. The van der Waals surface area contributed by atoms with Crippen molar-refractivity contribution in [3.8, 4) is 0 Å². The van der Waals surface area contributed by atoms with E-state index in [0.717, 1.165) is 35.9 Å². The molecule has 0 unspecified atom stereocenters. The quantitative estimate of drug-likeness (QED) is 0.178. The number of pyridine rings is 1. The minimum absolute atomic E-state index is 0.691. The summed E-state index contributed by atoms with van der Waals surface area (Å²) in [6.45, 7) is 50.4. The maximum absolute atomic E-state index is 5.14. The fourth-order valence-corrected chi connectivity index (χ4v) is 2.44. The summed E-state index contributed by atoms with van der Waals surface area (Å²) in [6.07, 6.45) is 9.52. The van der Waals surface area contributed by atoms with Gasteiger partial charge in [0.1, 0.15) is 5.76 Å². The van der Waals surface area contributed by atoms with E-state index < -0.39 is 0 Å². The highest BCUT2D eigenvalue weighted by molar-refractivity contribution is 7.07. The fraction of sp³-hybridized carbons (Fsp3) is 0.566. The van der Waals surface area contributed by atoms with Crippen LogP contribution in [0.25, 0.3) is 0 Å². The normalized spacial score (nSPS) is 7.81. The van der Waals surface area contributed by atoms with Crippen molar-refractivity contribution >= 4 is 11.3 Å². The average molecular weight is 816 g/mol. The molecule has 0 aliphatic heterocycles.